The monoisotopic (exact) mass is 396 g/mol. The maximum Gasteiger partial charge on any atom is 0.330 e. The van der Waals surface area contributed by atoms with Crippen LogP contribution in [-0.4, -0.2) is 38.0 Å². The van der Waals surface area contributed by atoms with Crippen molar-refractivity contribution >= 4 is 17.1 Å². The van der Waals surface area contributed by atoms with E-state index >= 15 is 0 Å². The number of carbonyl (C=O) groups excluding carboxylic acids is 1. The molecule has 3 fully saturated rings. The fourth-order valence-electron chi connectivity index (χ4n) is 5.35. The zero-order valence-electron chi connectivity index (χ0n) is 17.3. The molecule has 0 aromatic carbocycles. The predicted molar refractivity (Wildman–Crippen MR) is 113 cm³/mol. The van der Waals surface area contributed by atoms with Crippen LogP contribution in [0.5, 0.6) is 0 Å². The quantitative estimate of drug-likeness (QED) is 0.747. The Bertz CT molecular complexity index is 936. The van der Waals surface area contributed by atoms with E-state index in [0.717, 1.165) is 49.4 Å². The highest BCUT2D eigenvalue weighted by molar-refractivity contribution is 5.76. The molecule has 29 heavy (non-hydrogen) atoms. The molecule has 0 bridgehead atoms. The molecule has 2 aromatic heterocycles. The van der Waals surface area contributed by atoms with Gasteiger partial charge in [0, 0.05) is 32.3 Å². The molecule has 3 heterocycles. The third kappa shape index (κ3) is 3.86. The first-order chi connectivity index (χ1) is 14.2. The fraction of sp³-hybridized carbons (Fsp3) is 0.696. The highest BCUT2D eigenvalue weighted by Gasteiger charge is 2.30. The lowest BCUT2D eigenvalue weighted by Crippen LogP contribution is -2.43. The Labute approximate surface area is 171 Å². The highest BCUT2D eigenvalue weighted by Crippen LogP contribution is 2.32. The van der Waals surface area contributed by atoms with E-state index in [-0.39, 0.29) is 17.6 Å². The van der Waals surface area contributed by atoms with Gasteiger partial charge in [0.1, 0.15) is 0 Å². The summed E-state index contributed by atoms with van der Waals surface area (Å²) >= 11 is 0. The molecule has 0 unspecified atom stereocenters. The number of imidazole rings is 1. The van der Waals surface area contributed by atoms with E-state index in [4.69, 9.17) is 0 Å². The van der Waals surface area contributed by atoms with Gasteiger partial charge >= 0.3 is 5.69 Å². The number of nitrogens with zero attached hydrogens (tertiary/aromatic N) is 4. The van der Waals surface area contributed by atoms with Crippen molar-refractivity contribution < 1.29 is 4.79 Å². The van der Waals surface area contributed by atoms with E-state index in [2.05, 4.69) is 4.98 Å². The van der Waals surface area contributed by atoms with Crippen molar-refractivity contribution in [3.05, 3.63) is 28.8 Å². The summed E-state index contributed by atoms with van der Waals surface area (Å²) in [6.45, 7) is 2.26. The summed E-state index contributed by atoms with van der Waals surface area (Å²) in [5.41, 5.74) is 1.77. The normalized spacial score (nSPS) is 23.2. The molecule has 6 nitrogen and oxygen atoms in total. The van der Waals surface area contributed by atoms with E-state index in [1.165, 1.54) is 38.5 Å². The van der Waals surface area contributed by atoms with Gasteiger partial charge in [0.2, 0.25) is 5.91 Å². The molecule has 6 heteroatoms. The molecular formula is C23H32N4O2. The Morgan fingerprint density at radius 2 is 1.90 bits per heavy atom. The standard InChI is InChI=1S/C23H32N4O2/c28-21(12-11-17-5-1-2-6-17)25-14-4-7-19(16-25)27-22-20(8-3-13-24-22)26(23(27)29)15-18-9-10-18/h3,8,13,17-19H,1-2,4-7,9-12,14-16H2/t19-/m0/s1. The topological polar surface area (TPSA) is 60.1 Å². The zero-order valence-corrected chi connectivity index (χ0v) is 17.3. The molecule has 2 saturated carbocycles. The second-order valence-electron chi connectivity index (χ2n) is 9.38. The van der Waals surface area contributed by atoms with E-state index in [1.54, 1.807) is 6.20 Å². The van der Waals surface area contributed by atoms with E-state index in [1.807, 2.05) is 26.2 Å². The third-order valence-electron chi connectivity index (χ3n) is 7.22. The van der Waals surface area contributed by atoms with Crippen LogP contribution in [0.15, 0.2) is 23.1 Å². The van der Waals surface area contributed by atoms with Crippen molar-refractivity contribution in [2.75, 3.05) is 13.1 Å². The summed E-state index contributed by atoms with van der Waals surface area (Å²) in [5, 5.41) is 0. The number of amides is 1. The summed E-state index contributed by atoms with van der Waals surface area (Å²) < 4.78 is 3.80. The Morgan fingerprint density at radius 3 is 2.69 bits per heavy atom. The Kier molecular flexibility index (Phi) is 5.18. The lowest BCUT2D eigenvalue weighted by Gasteiger charge is -2.33. The number of rotatable bonds is 6. The Hall–Kier alpha value is -2.11. The molecule has 3 aliphatic rings. The van der Waals surface area contributed by atoms with Crippen LogP contribution < -0.4 is 5.69 Å². The molecule has 1 aliphatic heterocycles. The van der Waals surface area contributed by atoms with Crippen LogP contribution in [0.1, 0.15) is 70.3 Å². The van der Waals surface area contributed by atoms with Gasteiger partial charge in [0.15, 0.2) is 5.65 Å². The molecule has 1 saturated heterocycles. The minimum atomic E-state index is 0.0320. The summed E-state index contributed by atoms with van der Waals surface area (Å²) in [6, 6.07) is 3.95. The fourth-order valence-corrected chi connectivity index (χ4v) is 5.35. The third-order valence-corrected chi connectivity index (χ3v) is 7.22. The number of fused-ring (bicyclic) bond motifs is 1. The van der Waals surface area contributed by atoms with Crippen molar-refractivity contribution in [3.63, 3.8) is 0 Å². The largest absolute Gasteiger partial charge is 0.341 e. The molecule has 0 radical (unpaired) electrons. The molecule has 1 amide bonds. The van der Waals surface area contributed by atoms with E-state index in [9.17, 15) is 9.59 Å². The summed E-state index contributed by atoms with van der Waals surface area (Å²) in [6.07, 6.45) is 13.0. The van der Waals surface area contributed by atoms with Crippen LogP contribution in [0.4, 0.5) is 0 Å². The number of hydrogen-bond acceptors (Lipinski definition) is 3. The lowest BCUT2D eigenvalue weighted by atomic mass is 10.00. The first-order valence-corrected chi connectivity index (χ1v) is 11.5. The Balaban J connectivity index is 1.35. The van der Waals surface area contributed by atoms with Crippen molar-refractivity contribution in [2.24, 2.45) is 11.8 Å². The second kappa shape index (κ2) is 7.96. The van der Waals surface area contributed by atoms with Crippen molar-refractivity contribution in [1.29, 1.82) is 0 Å². The van der Waals surface area contributed by atoms with Crippen LogP contribution in [-0.2, 0) is 11.3 Å². The smallest absolute Gasteiger partial charge is 0.330 e. The van der Waals surface area contributed by atoms with E-state index < -0.39 is 0 Å². The molecule has 1 atom stereocenters. The maximum atomic E-state index is 13.3. The van der Waals surface area contributed by atoms with Crippen molar-refractivity contribution in [1.82, 2.24) is 19.0 Å². The van der Waals surface area contributed by atoms with Gasteiger partial charge in [0.25, 0.3) is 0 Å². The van der Waals surface area contributed by atoms with Gasteiger partial charge in [-0.3, -0.25) is 13.9 Å². The molecule has 2 aliphatic carbocycles. The van der Waals surface area contributed by atoms with Crippen molar-refractivity contribution in [2.45, 2.75) is 76.8 Å². The number of aromatic nitrogens is 3. The minimum absolute atomic E-state index is 0.0320. The van der Waals surface area contributed by atoms with Gasteiger partial charge in [-0.05, 0) is 56.1 Å². The molecule has 5 rings (SSSR count). The molecule has 0 spiro atoms. The zero-order chi connectivity index (χ0) is 19.8. The molecule has 0 N–H and O–H groups in total. The average Bonchev–Trinajstić information content (AvgIpc) is 3.33. The highest BCUT2D eigenvalue weighted by atomic mass is 16.2. The number of pyridine rings is 1. The second-order valence-corrected chi connectivity index (χ2v) is 9.38. The van der Waals surface area contributed by atoms with Gasteiger partial charge < -0.3 is 4.90 Å². The predicted octanol–water partition coefficient (Wildman–Crippen LogP) is 3.74. The number of hydrogen-bond donors (Lipinski definition) is 0. The number of carbonyl (C=O) groups is 1. The first-order valence-electron chi connectivity index (χ1n) is 11.5. The molecule has 156 valence electrons. The van der Waals surface area contributed by atoms with Crippen LogP contribution in [0.2, 0.25) is 0 Å². The number of likely N-dealkylation sites (tertiary alicyclic amines) is 1. The van der Waals surface area contributed by atoms with Crippen LogP contribution in [0.3, 0.4) is 0 Å². The van der Waals surface area contributed by atoms with Crippen LogP contribution >= 0.6 is 0 Å². The van der Waals surface area contributed by atoms with Gasteiger partial charge in [0.05, 0.1) is 11.6 Å². The van der Waals surface area contributed by atoms with Crippen LogP contribution in [0.25, 0.3) is 11.2 Å². The van der Waals surface area contributed by atoms with Crippen molar-refractivity contribution in [3.8, 4) is 0 Å². The summed E-state index contributed by atoms with van der Waals surface area (Å²) in [7, 11) is 0. The summed E-state index contributed by atoms with van der Waals surface area (Å²) in [4.78, 5) is 32.7. The van der Waals surface area contributed by atoms with E-state index in [0.29, 0.717) is 18.9 Å². The molecule has 2 aromatic rings. The first kappa shape index (κ1) is 18.9. The SMILES string of the molecule is O=C(CCC1CCCC1)N1CCC[C@H](n2c(=O)n(CC3CC3)c3cccnc32)C1. The van der Waals surface area contributed by atoms with Gasteiger partial charge in [-0.2, -0.15) is 0 Å². The summed E-state index contributed by atoms with van der Waals surface area (Å²) in [5.74, 6) is 1.64. The minimum Gasteiger partial charge on any atom is -0.341 e. The number of piperidine rings is 1. The van der Waals surface area contributed by atoms with Gasteiger partial charge in [-0.1, -0.05) is 25.7 Å². The van der Waals surface area contributed by atoms with Crippen LogP contribution in [0, 0.1) is 11.8 Å². The average molecular weight is 397 g/mol. The maximum absolute atomic E-state index is 13.3. The Morgan fingerprint density at radius 1 is 1.07 bits per heavy atom. The van der Waals surface area contributed by atoms with Gasteiger partial charge in [-0.15, -0.1) is 0 Å². The molecular weight excluding hydrogens is 364 g/mol. The van der Waals surface area contributed by atoms with Gasteiger partial charge in [-0.25, -0.2) is 9.78 Å². The lowest BCUT2D eigenvalue weighted by molar-refractivity contribution is -0.133.